The van der Waals surface area contributed by atoms with Gasteiger partial charge in [-0.25, -0.2) is 0 Å². The highest BCUT2D eigenvalue weighted by Crippen LogP contribution is 2.28. The van der Waals surface area contributed by atoms with Crippen molar-refractivity contribution >= 4 is 52.5 Å². The lowest BCUT2D eigenvalue weighted by atomic mass is 10.1. The number of hydrogen-bond donors (Lipinski definition) is 1. The molecule has 2 heterocycles. The Morgan fingerprint density at radius 1 is 1.13 bits per heavy atom. The van der Waals surface area contributed by atoms with Crippen LogP contribution in [0.15, 0.2) is 70.8 Å². The lowest BCUT2D eigenvalue weighted by Gasteiger charge is -2.23. The monoisotopic (exact) mass is 472 g/mol. The normalized spacial score (nSPS) is 16.0. The van der Waals surface area contributed by atoms with Gasteiger partial charge in [0.05, 0.1) is 16.1 Å². The predicted molar refractivity (Wildman–Crippen MR) is 125 cm³/mol. The molecule has 8 heteroatoms. The second kappa shape index (κ2) is 9.14. The summed E-state index contributed by atoms with van der Waals surface area (Å²) >= 11 is 17.3. The van der Waals surface area contributed by atoms with Crippen LogP contribution in [0.2, 0.25) is 10.0 Å². The number of thiocarbonyl (C=S) groups is 1. The van der Waals surface area contributed by atoms with Crippen molar-refractivity contribution in [3.05, 3.63) is 93.5 Å². The summed E-state index contributed by atoms with van der Waals surface area (Å²) in [5.74, 6) is 1.49. The maximum atomic E-state index is 12.9. The molecule has 0 spiro atoms. The van der Waals surface area contributed by atoms with Crippen molar-refractivity contribution in [2.45, 2.75) is 19.6 Å². The standard InChI is InChI=1S/C23H18Cl2N2O3S/c1-14(15-5-3-2-4-6-15)27-22(28)21(26-23(27)31)12-17-7-8-18(30-17)13-29-16-9-10-19(24)20(25)11-16/h2-12,14H,13H2,1H3,(H,26,31)/b21-12-. The van der Waals surface area contributed by atoms with Crippen molar-refractivity contribution in [2.24, 2.45) is 0 Å². The van der Waals surface area contributed by atoms with Crippen LogP contribution in [0, 0.1) is 0 Å². The number of carbonyl (C=O) groups excluding carboxylic acids is 1. The number of halogens is 2. The maximum absolute atomic E-state index is 12.9. The van der Waals surface area contributed by atoms with Crippen molar-refractivity contribution < 1.29 is 13.9 Å². The number of furan rings is 1. The molecule has 0 aliphatic carbocycles. The molecule has 1 amide bonds. The Bertz CT molecular complexity index is 1160. The fraction of sp³-hybridized carbons (Fsp3) is 0.130. The van der Waals surface area contributed by atoms with Crippen molar-refractivity contribution in [1.82, 2.24) is 10.2 Å². The van der Waals surface area contributed by atoms with Crippen LogP contribution in [0.3, 0.4) is 0 Å². The smallest absolute Gasteiger partial charge is 0.277 e. The van der Waals surface area contributed by atoms with Gasteiger partial charge in [0.2, 0.25) is 0 Å². The van der Waals surface area contributed by atoms with E-state index in [9.17, 15) is 4.79 Å². The van der Waals surface area contributed by atoms with Gasteiger partial charge in [0, 0.05) is 12.1 Å². The molecular formula is C23H18Cl2N2O3S. The summed E-state index contributed by atoms with van der Waals surface area (Å²) in [5.41, 5.74) is 1.36. The van der Waals surface area contributed by atoms with Crippen molar-refractivity contribution in [1.29, 1.82) is 0 Å². The Labute approximate surface area is 195 Å². The van der Waals surface area contributed by atoms with Gasteiger partial charge in [-0.15, -0.1) is 0 Å². The third-order valence-corrected chi connectivity index (χ3v) is 5.86. The Kier molecular flexibility index (Phi) is 6.32. The number of carbonyl (C=O) groups is 1. The first kappa shape index (κ1) is 21.4. The molecule has 158 valence electrons. The van der Waals surface area contributed by atoms with Crippen LogP contribution in [0.4, 0.5) is 0 Å². The van der Waals surface area contributed by atoms with Gasteiger partial charge in [-0.2, -0.15) is 0 Å². The molecule has 2 aromatic carbocycles. The van der Waals surface area contributed by atoms with Gasteiger partial charge < -0.3 is 14.5 Å². The molecule has 31 heavy (non-hydrogen) atoms. The zero-order chi connectivity index (χ0) is 22.0. The fourth-order valence-electron chi connectivity index (χ4n) is 3.19. The first-order chi connectivity index (χ1) is 14.9. The van der Waals surface area contributed by atoms with Crippen LogP contribution in [0.5, 0.6) is 5.75 Å². The van der Waals surface area contributed by atoms with Crippen LogP contribution in [0.1, 0.15) is 30.0 Å². The molecule has 1 fully saturated rings. The number of nitrogens with zero attached hydrogens (tertiary/aromatic N) is 1. The van der Waals surface area contributed by atoms with Crippen molar-refractivity contribution in [3.63, 3.8) is 0 Å². The lowest BCUT2D eigenvalue weighted by Crippen LogP contribution is -2.33. The largest absolute Gasteiger partial charge is 0.486 e. The van der Waals surface area contributed by atoms with Crippen LogP contribution < -0.4 is 10.1 Å². The topological polar surface area (TPSA) is 54.7 Å². The Balaban J connectivity index is 1.44. The molecular weight excluding hydrogens is 455 g/mol. The van der Waals surface area contributed by atoms with E-state index < -0.39 is 0 Å². The van der Waals surface area contributed by atoms with Gasteiger partial charge in [-0.3, -0.25) is 9.69 Å². The van der Waals surface area contributed by atoms with Gasteiger partial charge in [0.15, 0.2) is 5.11 Å². The number of nitrogens with one attached hydrogen (secondary N) is 1. The average Bonchev–Trinajstić information content (AvgIpc) is 3.33. The molecule has 1 saturated heterocycles. The van der Waals surface area contributed by atoms with Gasteiger partial charge >= 0.3 is 0 Å². The summed E-state index contributed by atoms with van der Waals surface area (Å²) in [6, 6.07) is 18.1. The quantitative estimate of drug-likeness (QED) is 0.353. The Hall–Kier alpha value is -2.80. The molecule has 4 rings (SSSR count). The zero-order valence-corrected chi connectivity index (χ0v) is 18.8. The van der Waals surface area contributed by atoms with E-state index >= 15 is 0 Å². The first-order valence-corrected chi connectivity index (χ1v) is 10.7. The van der Waals surface area contributed by atoms with E-state index in [-0.39, 0.29) is 18.6 Å². The van der Waals surface area contributed by atoms with E-state index in [1.54, 1.807) is 41.3 Å². The van der Waals surface area contributed by atoms with Crippen LogP contribution in [-0.2, 0) is 11.4 Å². The molecule has 5 nitrogen and oxygen atoms in total. The number of hydrogen-bond acceptors (Lipinski definition) is 4. The predicted octanol–water partition coefficient (Wildman–Crippen LogP) is 5.98. The highest BCUT2D eigenvalue weighted by Gasteiger charge is 2.35. The minimum absolute atomic E-state index is 0.189. The Morgan fingerprint density at radius 3 is 2.65 bits per heavy atom. The summed E-state index contributed by atoms with van der Waals surface area (Å²) in [4.78, 5) is 14.5. The minimum atomic E-state index is -0.202. The Morgan fingerprint density at radius 2 is 1.90 bits per heavy atom. The number of rotatable bonds is 6. The SMILES string of the molecule is CC(c1ccccc1)N1C(=O)/C(=C/c2ccc(COc3ccc(Cl)c(Cl)c3)o2)NC1=S. The van der Waals surface area contributed by atoms with E-state index in [1.807, 2.05) is 37.3 Å². The number of ether oxygens (including phenoxy) is 1. The van der Waals surface area contributed by atoms with Crippen molar-refractivity contribution in [2.75, 3.05) is 0 Å². The first-order valence-electron chi connectivity index (χ1n) is 9.50. The van der Waals surface area contributed by atoms with Gasteiger partial charge in [-0.05, 0) is 49.0 Å². The third-order valence-electron chi connectivity index (χ3n) is 4.82. The van der Waals surface area contributed by atoms with E-state index in [0.717, 1.165) is 5.56 Å². The van der Waals surface area contributed by atoms with Crippen molar-refractivity contribution in [3.8, 4) is 5.75 Å². The molecule has 1 atom stereocenters. The van der Waals surface area contributed by atoms with E-state index in [2.05, 4.69) is 5.32 Å². The summed E-state index contributed by atoms with van der Waals surface area (Å²) in [7, 11) is 0. The molecule has 0 saturated carbocycles. The third kappa shape index (κ3) is 4.77. The zero-order valence-electron chi connectivity index (χ0n) is 16.5. The summed E-state index contributed by atoms with van der Waals surface area (Å²) < 4.78 is 11.4. The maximum Gasteiger partial charge on any atom is 0.277 e. The molecule has 1 aromatic heterocycles. The van der Waals surface area contributed by atoms with Crippen LogP contribution in [-0.4, -0.2) is 15.9 Å². The van der Waals surface area contributed by atoms with Gasteiger partial charge in [-0.1, -0.05) is 53.5 Å². The summed E-state index contributed by atoms with van der Waals surface area (Å²) in [6.45, 7) is 2.15. The number of amides is 1. The highest BCUT2D eigenvalue weighted by molar-refractivity contribution is 7.80. The number of benzene rings is 2. The van der Waals surface area contributed by atoms with Crippen LogP contribution in [0.25, 0.3) is 6.08 Å². The van der Waals surface area contributed by atoms with E-state index in [0.29, 0.717) is 38.1 Å². The lowest BCUT2D eigenvalue weighted by molar-refractivity contribution is -0.123. The van der Waals surface area contributed by atoms with Crippen LogP contribution >= 0.6 is 35.4 Å². The average molecular weight is 473 g/mol. The summed E-state index contributed by atoms with van der Waals surface area (Å²) in [5, 5.41) is 4.22. The van der Waals surface area contributed by atoms with Gasteiger partial charge in [0.1, 0.15) is 29.6 Å². The van der Waals surface area contributed by atoms with E-state index in [4.69, 9.17) is 44.6 Å². The van der Waals surface area contributed by atoms with Gasteiger partial charge in [0.25, 0.3) is 5.91 Å². The minimum Gasteiger partial charge on any atom is -0.486 e. The highest BCUT2D eigenvalue weighted by atomic mass is 35.5. The molecule has 0 bridgehead atoms. The second-order valence-corrected chi connectivity index (χ2v) is 8.12. The fourth-order valence-corrected chi connectivity index (χ4v) is 3.83. The molecule has 0 radical (unpaired) electrons. The van der Waals surface area contributed by atoms with E-state index in [1.165, 1.54) is 0 Å². The molecule has 1 aliphatic rings. The second-order valence-electron chi connectivity index (χ2n) is 6.92. The molecule has 1 unspecified atom stereocenters. The molecule has 1 N–H and O–H groups in total. The molecule has 3 aromatic rings. The summed E-state index contributed by atoms with van der Waals surface area (Å²) in [6.07, 6.45) is 1.63. The molecule has 1 aliphatic heterocycles.